The van der Waals surface area contributed by atoms with Crippen LogP contribution in [-0.2, 0) is 14.3 Å². The summed E-state index contributed by atoms with van der Waals surface area (Å²) in [4.78, 5) is 36.6. The van der Waals surface area contributed by atoms with E-state index in [1.54, 1.807) is 6.08 Å². The van der Waals surface area contributed by atoms with E-state index in [2.05, 4.69) is 29.3 Å². The number of hydrogen-bond donors (Lipinski definition) is 3. The molecule has 7 heteroatoms. The Bertz CT molecular complexity index is 1020. The molecule has 1 aliphatic carbocycles. The first-order valence-corrected chi connectivity index (χ1v) is 11.5. The van der Waals surface area contributed by atoms with E-state index in [1.807, 2.05) is 50.2 Å². The molecule has 2 aromatic rings. The van der Waals surface area contributed by atoms with Crippen molar-refractivity contribution in [1.29, 1.82) is 0 Å². The summed E-state index contributed by atoms with van der Waals surface area (Å²) in [5, 5.41) is 14.5. The van der Waals surface area contributed by atoms with E-state index >= 15 is 0 Å². The first-order chi connectivity index (χ1) is 16.2. The van der Waals surface area contributed by atoms with E-state index in [1.165, 1.54) is 0 Å². The highest BCUT2D eigenvalue weighted by Gasteiger charge is 2.31. The van der Waals surface area contributed by atoms with Crippen LogP contribution in [0.4, 0.5) is 4.79 Å². The SMILES string of the molecule is C=CCCC(C)(C)NC(=O)C(CCC(=O)O)NC(=O)OCC1c2ccccc2-c2ccccc21. The number of carboxylic acids is 1. The quantitative estimate of drug-likeness (QED) is 0.421. The first kappa shape index (κ1) is 25.0. The average molecular weight is 465 g/mol. The number of rotatable bonds is 11. The Hall–Kier alpha value is -3.61. The molecule has 0 aliphatic heterocycles. The monoisotopic (exact) mass is 464 g/mol. The number of ether oxygens (including phenoxy) is 1. The zero-order chi connectivity index (χ0) is 24.7. The van der Waals surface area contributed by atoms with Crippen LogP contribution in [-0.4, -0.2) is 41.3 Å². The molecule has 7 nitrogen and oxygen atoms in total. The number of carbonyl (C=O) groups is 3. The molecule has 2 amide bonds. The summed E-state index contributed by atoms with van der Waals surface area (Å²) >= 11 is 0. The number of alkyl carbamates (subject to hydrolysis) is 1. The van der Waals surface area contributed by atoms with Crippen molar-refractivity contribution < 1.29 is 24.2 Å². The molecule has 2 aromatic carbocycles. The van der Waals surface area contributed by atoms with Crippen LogP contribution in [0, 0.1) is 0 Å². The first-order valence-electron chi connectivity index (χ1n) is 11.5. The number of fused-ring (bicyclic) bond motifs is 3. The second-order valence-corrected chi connectivity index (χ2v) is 9.16. The summed E-state index contributed by atoms with van der Waals surface area (Å²) in [7, 11) is 0. The minimum atomic E-state index is -1.04. The molecule has 0 bridgehead atoms. The van der Waals surface area contributed by atoms with Crippen LogP contribution in [0.3, 0.4) is 0 Å². The second kappa shape index (κ2) is 11.0. The van der Waals surface area contributed by atoms with E-state index in [0.29, 0.717) is 12.8 Å². The fourth-order valence-electron chi connectivity index (χ4n) is 4.26. The average Bonchev–Trinajstić information content (AvgIpc) is 3.12. The molecule has 0 aromatic heterocycles. The van der Waals surface area contributed by atoms with Crippen molar-refractivity contribution in [2.45, 2.75) is 57.0 Å². The van der Waals surface area contributed by atoms with Crippen LogP contribution in [0.15, 0.2) is 61.2 Å². The Morgan fingerprint density at radius 3 is 2.24 bits per heavy atom. The van der Waals surface area contributed by atoms with E-state index in [-0.39, 0.29) is 25.4 Å². The van der Waals surface area contributed by atoms with Gasteiger partial charge in [-0.1, -0.05) is 54.6 Å². The number of carboxylic acid groups (broad SMARTS) is 1. The molecule has 0 saturated carbocycles. The van der Waals surface area contributed by atoms with Crippen LogP contribution in [0.2, 0.25) is 0 Å². The lowest BCUT2D eigenvalue weighted by atomic mass is 9.97. The molecular weight excluding hydrogens is 432 g/mol. The largest absolute Gasteiger partial charge is 0.481 e. The summed E-state index contributed by atoms with van der Waals surface area (Å²) in [5.74, 6) is -1.59. The molecule has 180 valence electrons. The van der Waals surface area contributed by atoms with Crippen molar-refractivity contribution in [1.82, 2.24) is 10.6 Å². The van der Waals surface area contributed by atoms with Gasteiger partial charge in [-0.15, -0.1) is 6.58 Å². The predicted octanol–water partition coefficient (Wildman–Crippen LogP) is 4.62. The van der Waals surface area contributed by atoms with Gasteiger partial charge in [-0.25, -0.2) is 4.79 Å². The van der Waals surface area contributed by atoms with Crippen LogP contribution < -0.4 is 10.6 Å². The maximum absolute atomic E-state index is 12.9. The summed E-state index contributed by atoms with van der Waals surface area (Å²) in [6.07, 6.45) is 2.10. The fraction of sp³-hybridized carbons (Fsp3) is 0.370. The van der Waals surface area contributed by atoms with Crippen LogP contribution >= 0.6 is 0 Å². The molecule has 0 spiro atoms. The molecular formula is C27H32N2O5. The molecule has 1 unspecified atom stereocenters. The van der Waals surface area contributed by atoms with E-state index in [4.69, 9.17) is 9.84 Å². The number of amides is 2. The van der Waals surface area contributed by atoms with Crippen molar-refractivity contribution in [2.75, 3.05) is 6.61 Å². The summed E-state index contributed by atoms with van der Waals surface area (Å²) in [6, 6.07) is 15.0. The predicted molar refractivity (Wildman–Crippen MR) is 131 cm³/mol. The fourth-order valence-corrected chi connectivity index (χ4v) is 4.26. The van der Waals surface area contributed by atoms with Gasteiger partial charge >= 0.3 is 12.1 Å². The van der Waals surface area contributed by atoms with Gasteiger partial charge in [0.25, 0.3) is 0 Å². The lowest BCUT2D eigenvalue weighted by molar-refractivity contribution is -0.137. The Balaban J connectivity index is 1.66. The molecule has 0 saturated heterocycles. The second-order valence-electron chi connectivity index (χ2n) is 9.16. The van der Waals surface area contributed by atoms with Gasteiger partial charge in [0, 0.05) is 17.9 Å². The van der Waals surface area contributed by atoms with Crippen molar-refractivity contribution in [3.05, 3.63) is 72.3 Å². The van der Waals surface area contributed by atoms with Crippen LogP contribution in [0.5, 0.6) is 0 Å². The molecule has 3 N–H and O–H groups in total. The normalized spacial score (nSPS) is 13.4. The van der Waals surface area contributed by atoms with Gasteiger partial charge in [0.1, 0.15) is 12.6 Å². The molecule has 1 atom stereocenters. The molecule has 34 heavy (non-hydrogen) atoms. The van der Waals surface area contributed by atoms with E-state index < -0.39 is 29.6 Å². The third kappa shape index (κ3) is 6.25. The Morgan fingerprint density at radius 2 is 1.68 bits per heavy atom. The van der Waals surface area contributed by atoms with E-state index in [0.717, 1.165) is 22.3 Å². The topological polar surface area (TPSA) is 105 Å². The van der Waals surface area contributed by atoms with Gasteiger partial charge < -0.3 is 20.5 Å². The maximum Gasteiger partial charge on any atom is 0.407 e. The minimum Gasteiger partial charge on any atom is -0.481 e. The van der Waals surface area contributed by atoms with Crippen LogP contribution in [0.1, 0.15) is 56.6 Å². The Morgan fingerprint density at radius 1 is 1.09 bits per heavy atom. The highest BCUT2D eigenvalue weighted by Crippen LogP contribution is 2.44. The molecule has 0 fully saturated rings. The van der Waals surface area contributed by atoms with Crippen molar-refractivity contribution in [3.8, 4) is 11.1 Å². The Labute approximate surface area is 200 Å². The summed E-state index contributed by atoms with van der Waals surface area (Å²) in [5.41, 5.74) is 3.87. The van der Waals surface area contributed by atoms with Crippen LogP contribution in [0.25, 0.3) is 11.1 Å². The lowest BCUT2D eigenvalue weighted by Crippen LogP contribution is -2.53. The lowest BCUT2D eigenvalue weighted by Gasteiger charge is -2.28. The molecule has 3 rings (SSSR count). The molecule has 0 heterocycles. The number of allylic oxidation sites excluding steroid dienone is 1. The highest BCUT2D eigenvalue weighted by molar-refractivity contribution is 5.86. The number of hydrogen-bond acceptors (Lipinski definition) is 4. The Kier molecular flexibility index (Phi) is 8.10. The van der Waals surface area contributed by atoms with Gasteiger partial charge in [-0.2, -0.15) is 0 Å². The van der Waals surface area contributed by atoms with Crippen molar-refractivity contribution in [2.24, 2.45) is 0 Å². The zero-order valence-corrected chi connectivity index (χ0v) is 19.7. The highest BCUT2D eigenvalue weighted by atomic mass is 16.5. The third-order valence-corrected chi connectivity index (χ3v) is 6.03. The van der Waals surface area contributed by atoms with Crippen molar-refractivity contribution in [3.63, 3.8) is 0 Å². The van der Waals surface area contributed by atoms with Gasteiger partial charge in [0.2, 0.25) is 5.91 Å². The maximum atomic E-state index is 12.9. The van der Waals surface area contributed by atoms with Crippen molar-refractivity contribution >= 4 is 18.0 Å². The smallest absolute Gasteiger partial charge is 0.407 e. The number of carbonyl (C=O) groups excluding carboxylic acids is 2. The number of aliphatic carboxylic acids is 1. The van der Waals surface area contributed by atoms with Gasteiger partial charge in [0.15, 0.2) is 0 Å². The standard InChI is InChI=1S/C27H32N2O5/c1-4-5-16-27(2,3)29-25(32)23(14-15-24(30)31)28-26(33)34-17-22-20-12-8-6-10-18(20)19-11-7-9-13-21(19)22/h4,6-13,22-23H,1,5,14-17H2,2-3H3,(H,28,33)(H,29,32)(H,30,31). The third-order valence-electron chi connectivity index (χ3n) is 6.03. The summed E-state index contributed by atoms with van der Waals surface area (Å²) in [6.45, 7) is 7.55. The minimum absolute atomic E-state index is 0.0388. The number of benzene rings is 2. The molecule has 1 aliphatic rings. The number of nitrogens with one attached hydrogen (secondary N) is 2. The van der Waals surface area contributed by atoms with Gasteiger partial charge in [-0.05, 0) is 55.4 Å². The van der Waals surface area contributed by atoms with E-state index in [9.17, 15) is 14.4 Å². The summed E-state index contributed by atoms with van der Waals surface area (Å²) < 4.78 is 5.53. The molecule has 0 radical (unpaired) electrons. The zero-order valence-electron chi connectivity index (χ0n) is 19.7. The van der Waals surface area contributed by atoms with Gasteiger partial charge in [0.05, 0.1) is 0 Å². The van der Waals surface area contributed by atoms with Gasteiger partial charge in [-0.3, -0.25) is 9.59 Å².